The van der Waals surface area contributed by atoms with Crippen molar-refractivity contribution in [1.29, 1.82) is 0 Å². The first-order chi connectivity index (χ1) is 15.9. The highest BCUT2D eigenvalue weighted by atomic mass is 32.2. The summed E-state index contributed by atoms with van der Waals surface area (Å²) < 4.78 is 34.8. The summed E-state index contributed by atoms with van der Waals surface area (Å²) >= 11 is 1.48. The number of rotatable bonds is 8. The fourth-order valence-electron chi connectivity index (χ4n) is 3.56. The first kappa shape index (κ1) is 22.9. The number of sulfone groups is 1. The van der Waals surface area contributed by atoms with Gasteiger partial charge < -0.3 is 14.4 Å². The fraction of sp³-hybridized carbons (Fsp3) is 0.261. The molecule has 0 spiro atoms. The van der Waals surface area contributed by atoms with E-state index in [0.717, 1.165) is 5.69 Å². The number of thiazole rings is 1. The smallest absolute Gasteiger partial charge is 0.338 e. The van der Waals surface area contributed by atoms with E-state index in [0.29, 0.717) is 24.5 Å². The van der Waals surface area contributed by atoms with Crippen molar-refractivity contribution in [2.45, 2.75) is 19.1 Å². The summed E-state index contributed by atoms with van der Waals surface area (Å²) in [5, 5.41) is 1.89. The van der Waals surface area contributed by atoms with Gasteiger partial charge >= 0.3 is 5.97 Å². The van der Waals surface area contributed by atoms with Gasteiger partial charge in [-0.05, 0) is 42.8 Å². The van der Waals surface area contributed by atoms with Gasteiger partial charge in [0.25, 0.3) is 5.91 Å². The highest BCUT2D eigenvalue weighted by Crippen LogP contribution is 2.25. The summed E-state index contributed by atoms with van der Waals surface area (Å²) in [6.07, 6.45) is 0.347. The van der Waals surface area contributed by atoms with E-state index in [1.54, 1.807) is 54.0 Å². The molecule has 0 saturated carbocycles. The number of aromatic nitrogens is 1. The van der Waals surface area contributed by atoms with Gasteiger partial charge in [-0.3, -0.25) is 4.79 Å². The van der Waals surface area contributed by atoms with Crippen LogP contribution >= 0.6 is 11.3 Å². The summed E-state index contributed by atoms with van der Waals surface area (Å²) in [4.78, 5) is 31.0. The predicted octanol–water partition coefficient (Wildman–Crippen LogP) is 3.10. The van der Waals surface area contributed by atoms with Crippen LogP contribution in [0.3, 0.4) is 0 Å². The van der Waals surface area contributed by atoms with Crippen molar-refractivity contribution < 1.29 is 27.5 Å². The molecule has 3 aromatic rings. The number of esters is 1. The van der Waals surface area contributed by atoms with Crippen LogP contribution in [0.25, 0.3) is 0 Å². The molecule has 1 aliphatic heterocycles. The van der Waals surface area contributed by atoms with Gasteiger partial charge in [-0.2, -0.15) is 0 Å². The minimum absolute atomic E-state index is 0.0327. The molecule has 0 radical (unpaired) electrons. The Morgan fingerprint density at radius 1 is 1.09 bits per heavy atom. The average Bonchev–Trinajstić information content (AvgIpc) is 3.46. The van der Waals surface area contributed by atoms with Crippen LogP contribution in [0.2, 0.25) is 0 Å². The second-order valence-corrected chi connectivity index (χ2v) is 10.5. The third kappa shape index (κ3) is 5.96. The monoisotopic (exact) mass is 486 g/mol. The molecule has 2 aromatic carbocycles. The van der Waals surface area contributed by atoms with Crippen LogP contribution in [-0.2, 0) is 26.0 Å². The third-order valence-corrected chi connectivity index (χ3v) is 7.55. The minimum atomic E-state index is -3.20. The van der Waals surface area contributed by atoms with Crippen molar-refractivity contribution in [3.05, 3.63) is 76.7 Å². The largest absolute Gasteiger partial charge is 0.487 e. The van der Waals surface area contributed by atoms with Crippen LogP contribution in [0.1, 0.15) is 22.5 Å². The molecule has 1 saturated heterocycles. The van der Waals surface area contributed by atoms with Gasteiger partial charge in [-0.15, -0.1) is 11.3 Å². The van der Waals surface area contributed by atoms with Crippen LogP contribution in [0, 0.1) is 0 Å². The van der Waals surface area contributed by atoms with Gasteiger partial charge in [-0.25, -0.2) is 18.2 Å². The molecule has 0 bridgehead atoms. The molecule has 0 aliphatic carbocycles. The van der Waals surface area contributed by atoms with Gasteiger partial charge in [0.05, 0.1) is 34.3 Å². The minimum Gasteiger partial charge on any atom is -0.487 e. The molecule has 1 aromatic heterocycles. The number of para-hydroxylation sites is 1. The molecule has 0 unspecified atom stereocenters. The lowest BCUT2D eigenvalue weighted by Gasteiger charge is -2.28. The number of benzene rings is 2. The summed E-state index contributed by atoms with van der Waals surface area (Å²) in [5.74, 6) is -0.621. The highest BCUT2D eigenvalue weighted by Gasteiger charge is 2.35. The highest BCUT2D eigenvalue weighted by molar-refractivity contribution is 7.91. The van der Waals surface area contributed by atoms with E-state index in [2.05, 4.69) is 4.98 Å². The van der Waals surface area contributed by atoms with Crippen LogP contribution in [0.15, 0.2) is 65.5 Å². The SMILES string of the molecule is O=C(OCC(=O)N(c1ccccc1)[C@@H]1CCS(=O)(=O)C1)c1ccc(OCc2cscn2)cc1. The number of carbonyl (C=O) groups excluding carboxylic acids is 2. The van der Waals surface area contributed by atoms with E-state index in [1.807, 2.05) is 11.4 Å². The zero-order valence-corrected chi connectivity index (χ0v) is 19.3. The van der Waals surface area contributed by atoms with Crippen LogP contribution in [0.4, 0.5) is 5.69 Å². The van der Waals surface area contributed by atoms with Gasteiger partial charge in [-0.1, -0.05) is 18.2 Å². The maximum Gasteiger partial charge on any atom is 0.338 e. The lowest BCUT2D eigenvalue weighted by atomic mass is 10.2. The number of nitrogens with zero attached hydrogens (tertiary/aromatic N) is 2. The molecule has 0 N–H and O–H groups in total. The molecular weight excluding hydrogens is 464 g/mol. The Morgan fingerprint density at radius 2 is 1.85 bits per heavy atom. The molecule has 172 valence electrons. The Morgan fingerprint density at radius 3 is 2.48 bits per heavy atom. The van der Waals surface area contributed by atoms with E-state index in [9.17, 15) is 18.0 Å². The summed E-state index contributed by atoms with van der Waals surface area (Å²) in [7, 11) is -3.20. The summed E-state index contributed by atoms with van der Waals surface area (Å²) in [6.45, 7) is -0.166. The van der Waals surface area contributed by atoms with Crippen molar-refractivity contribution in [1.82, 2.24) is 4.98 Å². The molecule has 33 heavy (non-hydrogen) atoms. The summed E-state index contributed by atoms with van der Waals surface area (Å²) in [6, 6.07) is 14.7. The van der Waals surface area contributed by atoms with Gasteiger partial charge in [0.2, 0.25) is 0 Å². The van der Waals surface area contributed by atoms with E-state index < -0.39 is 34.4 Å². The molecule has 2 heterocycles. The Bertz CT molecular complexity index is 1200. The molecule has 1 fully saturated rings. The maximum absolute atomic E-state index is 13.0. The van der Waals surface area contributed by atoms with E-state index >= 15 is 0 Å². The molecule has 8 nitrogen and oxygen atoms in total. The second kappa shape index (κ2) is 10.1. The lowest BCUT2D eigenvalue weighted by Crippen LogP contribution is -2.43. The number of carbonyl (C=O) groups is 2. The van der Waals surface area contributed by atoms with Crippen LogP contribution in [0.5, 0.6) is 5.75 Å². The Labute approximate surface area is 195 Å². The third-order valence-electron chi connectivity index (χ3n) is 5.16. The normalized spacial score (nSPS) is 16.8. The van der Waals surface area contributed by atoms with E-state index in [1.165, 1.54) is 16.2 Å². The van der Waals surface area contributed by atoms with Crippen molar-refractivity contribution in [3.8, 4) is 5.75 Å². The molecule has 10 heteroatoms. The van der Waals surface area contributed by atoms with Crippen molar-refractivity contribution >= 4 is 38.7 Å². The number of ether oxygens (including phenoxy) is 2. The van der Waals surface area contributed by atoms with Crippen molar-refractivity contribution in [2.24, 2.45) is 0 Å². The Balaban J connectivity index is 1.37. The Hall–Kier alpha value is -3.24. The summed E-state index contributed by atoms with van der Waals surface area (Å²) in [5.41, 5.74) is 3.39. The number of hydrogen-bond donors (Lipinski definition) is 0. The van der Waals surface area contributed by atoms with Crippen molar-refractivity contribution in [3.63, 3.8) is 0 Å². The van der Waals surface area contributed by atoms with Crippen LogP contribution in [-0.4, -0.2) is 49.4 Å². The van der Waals surface area contributed by atoms with E-state index in [-0.39, 0.29) is 17.1 Å². The molecule has 1 amide bonds. The fourth-order valence-corrected chi connectivity index (χ4v) is 5.80. The van der Waals surface area contributed by atoms with Crippen LogP contribution < -0.4 is 9.64 Å². The second-order valence-electron chi connectivity index (χ2n) is 7.53. The molecule has 4 rings (SSSR count). The molecule has 1 aliphatic rings. The Kier molecular flexibility index (Phi) is 7.05. The molecule has 1 atom stereocenters. The average molecular weight is 487 g/mol. The number of amides is 1. The molecular formula is C23H22N2O6S2. The van der Waals surface area contributed by atoms with E-state index in [4.69, 9.17) is 9.47 Å². The quantitative estimate of drug-likeness (QED) is 0.451. The number of anilines is 1. The zero-order chi connectivity index (χ0) is 23.3. The number of hydrogen-bond acceptors (Lipinski definition) is 8. The lowest BCUT2D eigenvalue weighted by molar-refractivity contribution is -0.122. The standard InChI is InChI=1S/C23H22N2O6S2/c26-22(25(19-4-2-1-3-5-19)20-10-11-33(28,29)15-20)13-31-23(27)17-6-8-21(9-7-17)30-12-18-14-32-16-24-18/h1-9,14,16,20H,10-13,15H2/t20-/m1/s1. The maximum atomic E-state index is 13.0. The van der Waals surface area contributed by atoms with Crippen molar-refractivity contribution in [2.75, 3.05) is 23.0 Å². The zero-order valence-electron chi connectivity index (χ0n) is 17.6. The van der Waals surface area contributed by atoms with Gasteiger partial charge in [0.1, 0.15) is 12.4 Å². The predicted molar refractivity (Wildman–Crippen MR) is 124 cm³/mol. The topological polar surface area (TPSA) is 103 Å². The first-order valence-corrected chi connectivity index (χ1v) is 13.0. The van der Waals surface area contributed by atoms with Gasteiger partial charge in [0.15, 0.2) is 16.4 Å². The first-order valence-electron chi connectivity index (χ1n) is 10.3. The van der Waals surface area contributed by atoms with Gasteiger partial charge in [0, 0.05) is 11.1 Å².